The van der Waals surface area contributed by atoms with Crippen LogP contribution in [0.1, 0.15) is 32.3 Å². The highest BCUT2D eigenvalue weighted by Gasteiger charge is 2.05. The average molecular weight is 347 g/mol. The first-order chi connectivity index (χ1) is 9.31. The number of hydrogen-bond acceptors (Lipinski definition) is 3. The maximum Gasteiger partial charge on any atom is 0.127 e. The predicted molar refractivity (Wildman–Crippen MR) is 88.0 cm³/mol. The molecule has 1 aromatic rings. The summed E-state index contributed by atoms with van der Waals surface area (Å²) in [5.41, 5.74) is 1.17. The molecule has 0 radical (unpaired) electrons. The van der Waals surface area contributed by atoms with Crippen LogP contribution in [-0.2, 0) is 5.33 Å². The summed E-state index contributed by atoms with van der Waals surface area (Å²) in [5, 5.41) is 0.806. The van der Waals surface area contributed by atoms with Crippen LogP contribution < -0.4 is 9.47 Å². The Morgan fingerprint density at radius 3 is 2.68 bits per heavy atom. The molecule has 19 heavy (non-hydrogen) atoms. The van der Waals surface area contributed by atoms with Crippen LogP contribution in [0, 0.1) is 0 Å². The first kappa shape index (κ1) is 16.7. The lowest BCUT2D eigenvalue weighted by Gasteiger charge is -2.12. The van der Waals surface area contributed by atoms with Gasteiger partial charge in [0.25, 0.3) is 0 Å². The van der Waals surface area contributed by atoms with Crippen molar-refractivity contribution < 1.29 is 9.47 Å². The zero-order valence-electron chi connectivity index (χ0n) is 11.8. The molecule has 0 aromatic heterocycles. The van der Waals surface area contributed by atoms with E-state index in [1.165, 1.54) is 11.3 Å². The van der Waals surface area contributed by atoms with Gasteiger partial charge in [-0.3, -0.25) is 0 Å². The van der Waals surface area contributed by atoms with E-state index in [0.717, 1.165) is 48.6 Å². The first-order valence-electron chi connectivity index (χ1n) is 6.84. The Morgan fingerprint density at radius 1 is 1.16 bits per heavy atom. The lowest BCUT2D eigenvalue weighted by Crippen LogP contribution is -2.02. The standard InChI is InChI=1S/C15H23BrO2S/c1-3-8-17-14-7-6-13(12-16)15(11-14)18-9-5-10-19-4-2/h6-7,11H,3-5,8-10,12H2,1-2H3. The van der Waals surface area contributed by atoms with Gasteiger partial charge in [-0.2, -0.15) is 11.8 Å². The summed E-state index contributed by atoms with van der Waals surface area (Å²) in [5.74, 6) is 4.16. The second kappa shape index (κ2) is 10.4. The second-order valence-corrected chi connectivity index (χ2v) is 6.11. The summed E-state index contributed by atoms with van der Waals surface area (Å²) in [6.07, 6.45) is 2.10. The number of alkyl halides is 1. The van der Waals surface area contributed by atoms with Crippen molar-refractivity contribution in [2.45, 2.75) is 32.0 Å². The van der Waals surface area contributed by atoms with E-state index in [9.17, 15) is 0 Å². The summed E-state index contributed by atoms with van der Waals surface area (Å²) in [4.78, 5) is 0. The molecule has 0 atom stereocenters. The van der Waals surface area contributed by atoms with Gasteiger partial charge in [-0.05, 0) is 30.4 Å². The van der Waals surface area contributed by atoms with Crippen LogP contribution in [0.15, 0.2) is 18.2 Å². The summed E-state index contributed by atoms with van der Waals surface area (Å²) in [7, 11) is 0. The Bertz CT molecular complexity index is 358. The molecule has 1 aromatic carbocycles. The SMILES string of the molecule is CCCOc1ccc(CBr)c(OCCCSCC)c1. The fourth-order valence-electron chi connectivity index (χ4n) is 1.58. The Balaban J connectivity index is 2.52. The lowest BCUT2D eigenvalue weighted by molar-refractivity contribution is 0.301. The fourth-order valence-corrected chi connectivity index (χ4v) is 2.65. The summed E-state index contributed by atoms with van der Waals surface area (Å²) < 4.78 is 11.5. The topological polar surface area (TPSA) is 18.5 Å². The third kappa shape index (κ3) is 6.57. The van der Waals surface area contributed by atoms with E-state index in [2.05, 4.69) is 35.8 Å². The van der Waals surface area contributed by atoms with Crippen LogP contribution in [0.2, 0.25) is 0 Å². The molecule has 0 bridgehead atoms. The number of ether oxygens (including phenoxy) is 2. The molecule has 4 heteroatoms. The minimum atomic E-state index is 0.750. The van der Waals surface area contributed by atoms with Gasteiger partial charge < -0.3 is 9.47 Å². The molecular weight excluding hydrogens is 324 g/mol. The van der Waals surface area contributed by atoms with Crippen LogP contribution in [0.25, 0.3) is 0 Å². The maximum atomic E-state index is 5.87. The molecule has 0 heterocycles. The van der Waals surface area contributed by atoms with E-state index in [1.807, 2.05) is 23.9 Å². The van der Waals surface area contributed by atoms with E-state index in [4.69, 9.17) is 9.47 Å². The number of hydrogen-bond donors (Lipinski definition) is 0. The molecule has 0 aliphatic heterocycles. The molecule has 0 unspecified atom stereocenters. The monoisotopic (exact) mass is 346 g/mol. The first-order valence-corrected chi connectivity index (χ1v) is 9.11. The number of halogens is 1. The third-order valence-electron chi connectivity index (χ3n) is 2.55. The highest BCUT2D eigenvalue weighted by Crippen LogP contribution is 2.27. The molecule has 0 saturated heterocycles. The Hall–Kier alpha value is -0.350. The van der Waals surface area contributed by atoms with Crippen molar-refractivity contribution in [3.05, 3.63) is 23.8 Å². The van der Waals surface area contributed by atoms with Crippen LogP contribution >= 0.6 is 27.7 Å². The quantitative estimate of drug-likeness (QED) is 0.443. The highest BCUT2D eigenvalue weighted by atomic mass is 79.9. The molecule has 0 N–H and O–H groups in total. The smallest absolute Gasteiger partial charge is 0.127 e. The predicted octanol–water partition coefficient (Wildman–Crippen LogP) is 4.89. The van der Waals surface area contributed by atoms with Gasteiger partial charge in [0, 0.05) is 17.0 Å². The number of rotatable bonds is 10. The van der Waals surface area contributed by atoms with Crippen molar-refractivity contribution in [1.29, 1.82) is 0 Å². The van der Waals surface area contributed by atoms with E-state index in [1.54, 1.807) is 0 Å². The lowest BCUT2D eigenvalue weighted by atomic mass is 10.2. The average Bonchev–Trinajstić information content (AvgIpc) is 2.45. The van der Waals surface area contributed by atoms with Gasteiger partial charge >= 0.3 is 0 Å². The molecule has 108 valence electrons. The fraction of sp³-hybridized carbons (Fsp3) is 0.600. The van der Waals surface area contributed by atoms with Crippen LogP contribution in [-0.4, -0.2) is 24.7 Å². The van der Waals surface area contributed by atoms with Gasteiger partial charge in [-0.15, -0.1) is 0 Å². The Morgan fingerprint density at radius 2 is 2.00 bits per heavy atom. The van der Waals surface area contributed by atoms with Crippen molar-refractivity contribution in [3.8, 4) is 11.5 Å². The second-order valence-electron chi connectivity index (χ2n) is 4.15. The van der Waals surface area contributed by atoms with Crippen LogP contribution in [0.4, 0.5) is 0 Å². The summed E-state index contributed by atoms with van der Waals surface area (Å²) in [6, 6.07) is 6.07. The summed E-state index contributed by atoms with van der Waals surface area (Å²) in [6.45, 7) is 5.81. The van der Waals surface area contributed by atoms with E-state index >= 15 is 0 Å². The van der Waals surface area contributed by atoms with E-state index in [-0.39, 0.29) is 0 Å². The van der Waals surface area contributed by atoms with Crippen molar-refractivity contribution in [1.82, 2.24) is 0 Å². The van der Waals surface area contributed by atoms with E-state index in [0.29, 0.717) is 0 Å². The largest absolute Gasteiger partial charge is 0.493 e. The van der Waals surface area contributed by atoms with Crippen LogP contribution in [0.3, 0.4) is 0 Å². The highest BCUT2D eigenvalue weighted by molar-refractivity contribution is 9.08. The Labute approximate surface area is 129 Å². The molecule has 0 aliphatic carbocycles. The van der Waals surface area contributed by atoms with Crippen molar-refractivity contribution >= 4 is 27.7 Å². The van der Waals surface area contributed by atoms with E-state index < -0.39 is 0 Å². The minimum Gasteiger partial charge on any atom is -0.493 e. The molecule has 1 rings (SSSR count). The molecule has 0 fully saturated rings. The number of thioether (sulfide) groups is 1. The van der Waals surface area contributed by atoms with Gasteiger partial charge in [-0.1, -0.05) is 35.8 Å². The Kier molecular flexibility index (Phi) is 9.18. The molecule has 0 aliphatic rings. The van der Waals surface area contributed by atoms with Crippen molar-refractivity contribution in [2.75, 3.05) is 24.7 Å². The van der Waals surface area contributed by atoms with Gasteiger partial charge in [0.1, 0.15) is 11.5 Å². The third-order valence-corrected chi connectivity index (χ3v) is 4.14. The summed E-state index contributed by atoms with van der Waals surface area (Å²) >= 11 is 5.45. The zero-order chi connectivity index (χ0) is 13.9. The van der Waals surface area contributed by atoms with Gasteiger partial charge in [-0.25, -0.2) is 0 Å². The minimum absolute atomic E-state index is 0.750. The van der Waals surface area contributed by atoms with Crippen molar-refractivity contribution in [2.24, 2.45) is 0 Å². The van der Waals surface area contributed by atoms with Crippen LogP contribution in [0.5, 0.6) is 11.5 Å². The molecule has 0 saturated carbocycles. The normalized spacial score (nSPS) is 10.5. The van der Waals surface area contributed by atoms with Gasteiger partial charge in [0.15, 0.2) is 0 Å². The molecule has 0 amide bonds. The molecular formula is C15H23BrO2S. The number of benzene rings is 1. The van der Waals surface area contributed by atoms with Gasteiger partial charge in [0.2, 0.25) is 0 Å². The zero-order valence-corrected chi connectivity index (χ0v) is 14.2. The molecule has 0 spiro atoms. The molecule has 2 nitrogen and oxygen atoms in total. The maximum absolute atomic E-state index is 5.87. The van der Waals surface area contributed by atoms with Gasteiger partial charge in [0.05, 0.1) is 13.2 Å². The van der Waals surface area contributed by atoms with Crippen molar-refractivity contribution in [3.63, 3.8) is 0 Å².